The number of aliphatic hydroxyl groups excluding tert-OH is 1. The fourth-order valence-electron chi connectivity index (χ4n) is 2.63. The molecule has 2 aromatic carbocycles. The third-order valence-corrected chi connectivity index (χ3v) is 4.37. The lowest BCUT2D eigenvalue weighted by molar-refractivity contribution is -0.137. The third kappa shape index (κ3) is 5.02. The highest BCUT2D eigenvalue weighted by molar-refractivity contribution is 6.31. The molecule has 0 fully saturated rings. The molecule has 0 saturated heterocycles. The van der Waals surface area contributed by atoms with Crippen LogP contribution in [0.5, 0.6) is 0 Å². The van der Waals surface area contributed by atoms with E-state index in [-0.39, 0.29) is 23.9 Å². The van der Waals surface area contributed by atoms with Crippen molar-refractivity contribution in [2.75, 3.05) is 11.9 Å². The molecule has 1 aromatic heterocycles. The van der Waals surface area contributed by atoms with E-state index in [1.807, 2.05) is 12.1 Å². The van der Waals surface area contributed by atoms with Crippen molar-refractivity contribution in [3.63, 3.8) is 0 Å². The molecule has 5 nitrogen and oxygen atoms in total. The van der Waals surface area contributed by atoms with Crippen LogP contribution >= 0.6 is 11.6 Å². The van der Waals surface area contributed by atoms with Gasteiger partial charge in [-0.05, 0) is 17.7 Å². The third-order valence-electron chi connectivity index (χ3n) is 4.06. The van der Waals surface area contributed by atoms with Crippen molar-refractivity contribution in [3.05, 3.63) is 76.6 Å². The number of nitrogens with zero attached hydrogens (tertiary/aromatic N) is 3. The molecule has 0 aliphatic rings. The van der Waals surface area contributed by atoms with Crippen LogP contribution in [0.2, 0.25) is 5.02 Å². The van der Waals surface area contributed by atoms with Gasteiger partial charge in [0.1, 0.15) is 11.9 Å². The molecule has 1 atom stereocenters. The highest BCUT2D eigenvalue weighted by atomic mass is 35.5. The van der Waals surface area contributed by atoms with E-state index in [9.17, 15) is 18.3 Å². The van der Waals surface area contributed by atoms with Gasteiger partial charge in [0.25, 0.3) is 0 Å². The number of anilines is 1. The van der Waals surface area contributed by atoms with Gasteiger partial charge in [0.2, 0.25) is 5.82 Å². The van der Waals surface area contributed by atoms with Crippen LogP contribution < -0.4 is 5.32 Å². The van der Waals surface area contributed by atoms with Gasteiger partial charge in [0.05, 0.1) is 22.4 Å². The van der Waals surface area contributed by atoms with Crippen molar-refractivity contribution >= 4 is 17.4 Å². The molecule has 1 heterocycles. The summed E-state index contributed by atoms with van der Waals surface area (Å²) in [5, 5.41) is 21.9. The predicted octanol–water partition coefficient (Wildman–Crippen LogP) is 4.83. The van der Waals surface area contributed by atoms with Crippen molar-refractivity contribution in [3.8, 4) is 17.3 Å². The van der Waals surface area contributed by atoms with E-state index in [0.717, 1.165) is 12.1 Å². The Hall–Kier alpha value is -3.15. The summed E-state index contributed by atoms with van der Waals surface area (Å²) in [6.07, 6.45) is -5.39. The summed E-state index contributed by atoms with van der Waals surface area (Å²) in [6, 6.07) is 15.4. The van der Waals surface area contributed by atoms with Crippen molar-refractivity contribution in [1.82, 2.24) is 9.97 Å². The fourth-order valence-corrected chi connectivity index (χ4v) is 2.92. The first kappa shape index (κ1) is 20.6. The number of aliphatic hydroxyl groups is 1. The summed E-state index contributed by atoms with van der Waals surface area (Å²) < 4.78 is 38.7. The highest BCUT2D eigenvalue weighted by Crippen LogP contribution is 2.36. The van der Waals surface area contributed by atoms with Gasteiger partial charge in [0.15, 0.2) is 0 Å². The quantitative estimate of drug-likeness (QED) is 0.620. The maximum atomic E-state index is 12.9. The van der Waals surface area contributed by atoms with E-state index in [0.29, 0.717) is 11.1 Å². The second-order valence-electron chi connectivity index (χ2n) is 6.07. The molecule has 29 heavy (non-hydrogen) atoms. The number of aromatic nitrogens is 2. The highest BCUT2D eigenvalue weighted by Gasteiger charge is 2.33. The standard InChI is InChI=1S/C20H14ClF3N4O/c21-15-8-13(6-7-14(15)20(22,23)24)16-9-18(28-19(10-25)27-16)26-11-17(29)12-4-2-1-3-5-12/h1-9,17,29H,11H2,(H,26,27,28)/t17-/m0/s1. The fraction of sp³-hybridized carbons (Fsp3) is 0.150. The van der Waals surface area contributed by atoms with E-state index in [2.05, 4.69) is 15.3 Å². The number of benzene rings is 2. The number of hydrogen-bond donors (Lipinski definition) is 2. The summed E-state index contributed by atoms with van der Waals surface area (Å²) in [7, 11) is 0. The molecule has 0 unspecified atom stereocenters. The summed E-state index contributed by atoms with van der Waals surface area (Å²) in [5.41, 5.74) is 0.267. The number of nitrogens with one attached hydrogen (secondary N) is 1. The first-order valence-corrected chi connectivity index (χ1v) is 8.79. The molecule has 0 spiro atoms. The summed E-state index contributed by atoms with van der Waals surface area (Å²) in [5.74, 6) is 0.0766. The van der Waals surface area contributed by atoms with Crippen molar-refractivity contribution in [2.45, 2.75) is 12.3 Å². The Morgan fingerprint density at radius 2 is 1.83 bits per heavy atom. The van der Waals surface area contributed by atoms with Crippen LogP contribution in [0.15, 0.2) is 54.6 Å². The van der Waals surface area contributed by atoms with Crippen molar-refractivity contribution in [2.24, 2.45) is 0 Å². The average Bonchev–Trinajstić information content (AvgIpc) is 2.71. The molecule has 0 aliphatic carbocycles. The normalized spacial score (nSPS) is 12.3. The smallest absolute Gasteiger partial charge is 0.387 e. The monoisotopic (exact) mass is 418 g/mol. The van der Waals surface area contributed by atoms with Crippen molar-refractivity contribution in [1.29, 1.82) is 5.26 Å². The Bertz CT molecular complexity index is 1050. The molecule has 0 bridgehead atoms. The summed E-state index contributed by atoms with van der Waals surface area (Å²) in [4.78, 5) is 8.04. The summed E-state index contributed by atoms with van der Waals surface area (Å²) >= 11 is 5.77. The Labute approximate surface area is 169 Å². The van der Waals surface area contributed by atoms with Gasteiger partial charge < -0.3 is 10.4 Å². The Balaban J connectivity index is 1.86. The molecular formula is C20H14ClF3N4O. The van der Waals surface area contributed by atoms with Crippen LogP contribution in [0, 0.1) is 11.3 Å². The predicted molar refractivity (Wildman–Crippen MR) is 102 cm³/mol. The molecule has 3 rings (SSSR count). The molecule has 148 valence electrons. The Morgan fingerprint density at radius 1 is 1.10 bits per heavy atom. The first-order chi connectivity index (χ1) is 13.8. The van der Waals surface area contributed by atoms with Gasteiger partial charge in [-0.2, -0.15) is 18.4 Å². The van der Waals surface area contributed by atoms with E-state index < -0.39 is 22.9 Å². The zero-order valence-electron chi connectivity index (χ0n) is 14.8. The second-order valence-corrected chi connectivity index (χ2v) is 6.48. The molecular weight excluding hydrogens is 405 g/mol. The number of alkyl halides is 3. The average molecular weight is 419 g/mol. The topological polar surface area (TPSA) is 81.8 Å². The van der Waals surface area contributed by atoms with Crippen LogP contribution in [0.25, 0.3) is 11.3 Å². The molecule has 9 heteroatoms. The van der Waals surface area contributed by atoms with Gasteiger partial charge >= 0.3 is 6.18 Å². The molecule has 3 aromatic rings. The van der Waals surface area contributed by atoms with Crippen LogP contribution in [0.3, 0.4) is 0 Å². The zero-order chi connectivity index (χ0) is 21.0. The molecule has 2 N–H and O–H groups in total. The molecule has 0 aliphatic heterocycles. The number of halogens is 4. The lowest BCUT2D eigenvalue weighted by Crippen LogP contribution is -2.13. The maximum absolute atomic E-state index is 12.9. The Kier molecular flexibility index (Phi) is 6.01. The van der Waals surface area contributed by atoms with E-state index in [4.69, 9.17) is 16.9 Å². The van der Waals surface area contributed by atoms with Gasteiger partial charge in [-0.3, -0.25) is 0 Å². The van der Waals surface area contributed by atoms with E-state index in [1.54, 1.807) is 24.3 Å². The van der Waals surface area contributed by atoms with Crippen LogP contribution in [0.1, 0.15) is 23.1 Å². The largest absolute Gasteiger partial charge is 0.417 e. The van der Waals surface area contributed by atoms with Crippen molar-refractivity contribution < 1.29 is 18.3 Å². The van der Waals surface area contributed by atoms with Gasteiger partial charge in [-0.1, -0.05) is 48.0 Å². The molecule has 0 saturated carbocycles. The lowest BCUT2D eigenvalue weighted by atomic mass is 10.1. The second kappa shape index (κ2) is 8.47. The minimum atomic E-state index is -4.57. The zero-order valence-corrected chi connectivity index (χ0v) is 15.5. The van der Waals surface area contributed by atoms with Gasteiger partial charge in [0, 0.05) is 18.2 Å². The first-order valence-electron chi connectivity index (χ1n) is 8.41. The Morgan fingerprint density at radius 3 is 2.45 bits per heavy atom. The lowest BCUT2D eigenvalue weighted by Gasteiger charge is -2.14. The van der Waals surface area contributed by atoms with Crippen LogP contribution in [-0.4, -0.2) is 21.6 Å². The SMILES string of the molecule is N#Cc1nc(NC[C@H](O)c2ccccc2)cc(-c2ccc(C(F)(F)F)c(Cl)c2)n1. The maximum Gasteiger partial charge on any atom is 0.417 e. The van der Waals surface area contributed by atoms with E-state index >= 15 is 0 Å². The number of nitriles is 1. The van der Waals surface area contributed by atoms with E-state index in [1.165, 1.54) is 12.1 Å². The summed E-state index contributed by atoms with van der Waals surface area (Å²) in [6.45, 7) is 0.110. The molecule has 0 radical (unpaired) electrons. The minimum Gasteiger partial charge on any atom is -0.387 e. The molecule has 0 amide bonds. The number of hydrogen-bond acceptors (Lipinski definition) is 5. The van der Waals surface area contributed by atoms with Gasteiger partial charge in [-0.25, -0.2) is 9.97 Å². The van der Waals surface area contributed by atoms with Gasteiger partial charge in [-0.15, -0.1) is 0 Å². The number of rotatable bonds is 5. The minimum absolute atomic E-state index is 0.110. The van der Waals surface area contributed by atoms with Crippen LogP contribution in [0.4, 0.5) is 19.0 Å². The van der Waals surface area contributed by atoms with Crippen LogP contribution in [-0.2, 0) is 6.18 Å².